The fraction of sp³-hybridized carbons (Fsp3) is 0.440. The number of amidine groups is 1. The van der Waals surface area contributed by atoms with E-state index in [2.05, 4.69) is 35.4 Å². The quantitative estimate of drug-likeness (QED) is 0.537. The Kier molecular flexibility index (Phi) is 6.58. The fourth-order valence-electron chi connectivity index (χ4n) is 4.16. The van der Waals surface area contributed by atoms with E-state index in [1.807, 2.05) is 52.0 Å². The summed E-state index contributed by atoms with van der Waals surface area (Å²) in [5.41, 5.74) is 10.0. The Morgan fingerprint density at radius 1 is 1.13 bits per heavy atom. The molecule has 0 atom stereocenters. The van der Waals surface area contributed by atoms with Gasteiger partial charge in [-0.25, -0.2) is 4.79 Å². The number of benzene rings is 2. The Hall–Kier alpha value is -3.02. The summed E-state index contributed by atoms with van der Waals surface area (Å²) in [6, 6.07) is 14.4. The first kappa shape index (κ1) is 22.7. The Balaban J connectivity index is 2.07. The predicted octanol–water partition coefficient (Wildman–Crippen LogP) is 4.75. The van der Waals surface area contributed by atoms with Crippen molar-refractivity contribution >= 4 is 17.8 Å². The zero-order chi connectivity index (χ0) is 22.6. The van der Waals surface area contributed by atoms with Gasteiger partial charge in [-0.1, -0.05) is 37.3 Å². The highest BCUT2D eigenvalue weighted by atomic mass is 16.6. The molecule has 0 saturated heterocycles. The van der Waals surface area contributed by atoms with Gasteiger partial charge in [0.05, 0.1) is 17.8 Å². The van der Waals surface area contributed by atoms with Gasteiger partial charge in [-0.15, -0.1) is 0 Å². The van der Waals surface area contributed by atoms with Crippen LogP contribution in [0, 0.1) is 0 Å². The molecule has 1 amide bonds. The summed E-state index contributed by atoms with van der Waals surface area (Å²) < 4.78 is 10.9. The van der Waals surface area contributed by atoms with Crippen molar-refractivity contribution in [2.75, 3.05) is 6.61 Å². The number of nitrogens with two attached hydrogens (primary N) is 1. The second-order valence-corrected chi connectivity index (χ2v) is 8.91. The molecule has 0 saturated carbocycles. The van der Waals surface area contributed by atoms with Gasteiger partial charge >= 0.3 is 6.09 Å². The van der Waals surface area contributed by atoms with Crippen LogP contribution in [0.5, 0.6) is 0 Å². The van der Waals surface area contributed by atoms with Gasteiger partial charge in [0.25, 0.3) is 6.02 Å². The van der Waals surface area contributed by atoms with Crippen LogP contribution in [-0.4, -0.2) is 24.3 Å². The number of aryl methyl sites for hydroxylation is 1. The number of hydrogen-bond acceptors (Lipinski definition) is 4. The lowest BCUT2D eigenvalue weighted by Crippen LogP contribution is -2.49. The minimum absolute atomic E-state index is 0.126. The number of ether oxygens (including phenoxy) is 2. The molecule has 0 aliphatic heterocycles. The molecule has 3 N–H and O–H groups in total. The maximum atomic E-state index is 12.9. The second-order valence-electron chi connectivity index (χ2n) is 8.91. The van der Waals surface area contributed by atoms with E-state index in [-0.39, 0.29) is 6.02 Å². The minimum atomic E-state index is -0.622. The largest absolute Gasteiger partial charge is 0.465 e. The van der Waals surface area contributed by atoms with Crippen LogP contribution in [0.15, 0.2) is 47.5 Å². The van der Waals surface area contributed by atoms with Crippen molar-refractivity contribution in [2.24, 2.45) is 10.7 Å². The van der Waals surface area contributed by atoms with E-state index in [4.69, 9.17) is 15.2 Å². The summed E-state index contributed by atoms with van der Waals surface area (Å²) >= 11 is 0. The molecule has 31 heavy (non-hydrogen) atoms. The van der Waals surface area contributed by atoms with E-state index in [0.29, 0.717) is 25.1 Å². The Morgan fingerprint density at radius 3 is 2.32 bits per heavy atom. The van der Waals surface area contributed by atoms with Crippen LogP contribution in [0.1, 0.15) is 56.9 Å². The molecular formula is C25H33N3O3. The Morgan fingerprint density at radius 2 is 1.77 bits per heavy atom. The summed E-state index contributed by atoms with van der Waals surface area (Å²) in [6.07, 6.45) is 1.77. The zero-order valence-electron chi connectivity index (χ0n) is 19.1. The lowest BCUT2D eigenvalue weighted by molar-refractivity contribution is 0.0455. The van der Waals surface area contributed by atoms with Gasteiger partial charge in [-0.05, 0) is 68.5 Å². The van der Waals surface area contributed by atoms with Gasteiger partial charge in [0.2, 0.25) is 0 Å². The first-order valence-electron chi connectivity index (χ1n) is 10.8. The van der Waals surface area contributed by atoms with Crippen LogP contribution < -0.4 is 11.1 Å². The molecule has 3 rings (SSSR count). The van der Waals surface area contributed by atoms with E-state index in [9.17, 15) is 4.79 Å². The van der Waals surface area contributed by atoms with Gasteiger partial charge in [-0.2, -0.15) is 4.99 Å². The third-order valence-electron chi connectivity index (χ3n) is 5.36. The van der Waals surface area contributed by atoms with Crippen LogP contribution >= 0.6 is 0 Å². The lowest BCUT2D eigenvalue weighted by Gasteiger charge is -2.34. The zero-order valence-corrected chi connectivity index (χ0v) is 19.1. The van der Waals surface area contributed by atoms with Gasteiger partial charge in [0.15, 0.2) is 0 Å². The number of carbonyl (C=O) groups is 1. The predicted molar refractivity (Wildman–Crippen MR) is 124 cm³/mol. The molecule has 166 valence electrons. The van der Waals surface area contributed by atoms with E-state index < -0.39 is 17.2 Å². The molecule has 1 aliphatic rings. The van der Waals surface area contributed by atoms with Crippen molar-refractivity contribution in [1.82, 2.24) is 5.32 Å². The minimum Gasteiger partial charge on any atom is -0.465 e. The highest BCUT2D eigenvalue weighted by Crippen LogP contribution is 2.41. The molecule has 0 radical (unpaired) electrons. The summed E-state index contributed by atoms with van der Waals surface area (Å²) in [5.74, 6) is 0. The molecule has 0 aromatic heterocycles. The third-order valence-corrected chi connectivity index (χ3v) is 5.36. The molecule has 0 heterocycles. The van der Waals surface area contributed by atoms with E-state index >= 15 is 0 Å². The Labute approximate surface area is 184 Å². The van der Waals surface area contributed by atoms with Crippen molar-refractivity contribution in [3.8, 4) is 0 Å². The number of rotatable bonds is 5. The molecule has 0 unspecified atom stereocenters. The van der Waals surface area contributed by atoms with Crippen LogP contribution in [0.2, 0.25) is 0 Å². The molecule has 1 aliphatic carbocycles. The first-order chi connectivity index (χ1) is 14.7. The Bertz CT molecular complexity index is 951. The number of amides is 1. The fourth-order valence-corrected chi connectivity index (χ4v) is 4.16. The monoisotopic (exact) mass is 423 g/mol. The van der Waals surface area contributed by atoms with Crippen LogP contribution in [0.3, 0.4) is 0 Å². The van der Waals surface area contributed by atoms with Gasteiger partial charge < -0.3 is 20.5 Å². The highest BCUT2D eigenvalue weighted by molar-refractivity contribution is 5.75. The maximum absolute atomic E-state index is 12.9. The van der Waals surface area contributed by atoms with Crippen LogP contribution in [0.25, 0.3) is 0 Å². The van der Waals surface area contributed by atoms with E-state index in [1.54, 1.807) is 0 Å². The molecule has 0 spiro atoms. The van der Waals surface area contributed by atoms with Crippen LogP contribution in [0.4, 0.5) is 10.5 Å². The SMILES string of the molecule is CCOC(N)=Nc1ccc(CC)c(C2(NC(=O)OC(C)(C)C)Cc3ccccc3C2)c1. The summed E-state index contributed by atoms with van der Waals surface area (Å²) in [6.45, 7) is 10.0. The van der Waals surface area contributed by atoms with Gasteiger partial charge in [0.1, 0.15) is 5.60 Å². The van der Waals surface area contributed by atoms with Crippen molar-refractivity contribution in [2.45, 2.75) is 65.0 Å². The van der Waals surface area contributed by atoms with E-state index in [1.165, 1.54) is 11.1 Å². The van der Waals surface area contributed by atoms with Gasteiger partial charge in [0, 0.05) is 12.8 Å². The number of carbonyl (C=O) groups excluding carboxylic acids is 1. The molecular weight excluding hydrogens is 390 g/mol. The van der Waals surface area contributed by atoms with Crippen molar-refractivity contribution in [3.63, 3.8) is 0 Å². The molecule has 6 heteroatoms. The molecule has 0 fully saturated rings. The van der Waals surface area contributed by atoms with Gasteiger partial charge in [-0.3, -0.25) is 0 Å². The van der Waals surface area contributed by atoms with Crippen LogP contribution in [-0.2, 0) is 34.3 Å². The first-order valence-corrected chi connectivity index (χ1v) is 10.8. The van der Waals surface area contributed by atoms with Crippen molar-refractivity contribution in [3.05, 3.63) is 64.7 Å². The number of fused-ring (bicyclic) bond motifs is 1. The topological polar surface area (TPSA) is 85.9 Å². The van der Waals surface area contributed by atoms with Crippen molar-refractivity contribution in [1.29, 1.82) is 0 Å². The standard InChI is InChI=1S/C25H33N3O3/c1-6-17-12-13-20(27-22(26)30-7-2)14-21(17)25(28-23(29)31-24(3,4)5)15-18-10-8-9-11-19(18)16-25/h8-14H,6-7,15-16H2,1-5H3,(H2,26,27)(H,28,29). The average molecular weight is 424 g/mol. The molecule has 6 nitrogen and oxygen atoms in total. The number of alkyl carbamates (subject to hydrolysis) is 1. The number of nitrogens with one attached hydrogen (secondary N) is 1. The van der Waals surface area contributed by atoms with Crippen molar-refractivity contribution < 1.29 is 14.3 Å². The summed E-state index contributed by atoms with van der Waals surface area (Å²) in [4.78, 5) is 17.3. The molecule has 2 aromatic rings. The highest BCUT2D eigenvalue weighted by Gasteiger charge is 2.42. The molecule has 0 bridgehead atoms. The van der Waals surface area contributed by atoms with E-state index in [0.717, 1.165) is 17.5 Å². The number of aliphatic imine (C=N–C) groups is 1. The lowest BCUT2D eigenvalue weighted by atomic mass is 9.82. The average Bonchev–Trinajstić information content (AvgIpc) is 3.05. The number of nitrogens with zero attached hydrogens (tertiary/aromatic N) is 1. The second kappa shape index (κ2) is 9.00. The third kappa shape index (κ3) is 5.37. The summed E-state index contributed by atoms with van der Waals surface area (Å²) in [5, 5.41) is 3.22. The maximum Gasteiger partial charge on any atom is 0.408 e. The number of hydrogen-bond donors (Lipinski definition) is 2. The normalized spacial score (nSPS) is 15.3. The smallest absolute Gasteiger partial charge is 0.408 e. The molecule has 2 aromatic carbocycles. The summed E-state index contributed by atoms with van der Waals surface area (Å²) in [7, 11) is 0.